The van der Waals surface area contributed by atoms with Gasteiger partial charge in [0.15, 0.2) is 0 Å². The topological polar surface area (TPSA) is 66.6 Å². The predicted molar refractivity (Wildman–Crippen MR) is 106 cm³/mol. The lowest BCUT2D eigenvalue weighted by Crippen LogP contribution is -2.43. The molecule has 5 nitrogen and oxygen atoms in total. The van der Waals surface area contributed by atoms with Crippen LogP contribution in [0.25, 0.3) is 0 Å². The number of para-hydroxylation sites is 1. The number of nitrogens with zero attached hydrogens (tertiary/aromatic N) is 2. The van der Waals surface area contributed by atoms with E-state index in [1.165, 1.54) is 5.56 Å². The zero-order valence-electron chi connectivity index (χ0n) is 15.4. The third kappa shape index (κ3) is 4.03. The molecule has 0 unspecified atom stereocenters. The number of aryl methyl sites for hydroxylation is 1. The summed E-state index contributed by atoms with van der Waals surface area (Å²) in [5, 5.41) is 0. The molecule has 1 saturated carbocycles. The summed E-state index contributed by atoms with van der Waals surface area (Å²) in [6, 6.07) is 16.1. The van der Waals surface area contributed by atoms with Crippen LogP contribution in [0.4, 0.5) is 5.69 Å². The molecule has 1 aliphatic heterocycles. The molecule has 5 heteroatoms. The van der Waals surface area contributed by atoms with Crippen molar-refractivity contribution < 1.29 is 9.59 Å². The van der Waals surface area contributed by atoms with Crippen LogP contribution in [-0.2, 0) is 17.8 Å². The molecule has 2 N–H and O–H groups in total. The molecule has 0 saturated heterocycles. The Morgan fingerprint density at radius 1 is 1.07 bits per heavy atom. The minimum atomic E-state index is -0.417. The molecule has 1 aliphatic carbocycles. The van der Waals surface area contributed by atoms with E-state index in [0.29, 0.717) is 24.7 Å². The fourth-order valence-corrected chi connectivity index (χ4v) is 3.81. The third-order valence-electron chi connectivity index (χ3n) is 5.44. The average Bonchev–Trinajstić information content (AvgIpc) is 3.52. The molecule has 0 bridgehead atoms. The first-order valence-corrected chi connectivity index (χ1v) is 9.63. The van der Waals surface area contributed by atoms with Crippen molar-refractivity contribution in [3.05, 3.63) is 65.2 Å². The Morgan fingerprint density at radius 2 is 1.81 bits per heavy atom. The number of benzene rings is 2. The first-order chi connectivity index (χ1) is 13.1. The lowest BCUT2D eigenvalue weighted by molar-refractivity contribution is -0.120. The van der Waals surface area contributed by atoms with Gasteiger partial charge in [0.25, 0.3) is 0 Å². The molecular formula is C22H25N3O2. The summed E-state index contributed by atoms with van der Waals surface area (Å²) in [6.07, 6.45) is 4.34. The van der Waals surface area contributed by atoms with Gasteiger partial charge in [-0.25, -0.2) is 0 Å². The van der Waals surface area contributed by atoms with Crippen molar-refractivity contribution in [2.45, 2.75) is 38.3 Å². The van der Waals surface area contributed by atoms with Crippen LogP contribution in [0.1, 0.15) is 40.7 Å². The smallest absolute Gasteiger partial charge is 0.248 e. The number of carbonyl (C=O) groups is 2. The van der Waals surface area contributed by atoms with Gasteiger partial charge in [-0.1, -0.05) is 30.3 Å². The van der Waals surface area contributed by atoms with E-state index in [1.807, 2.05) is 29.2 Å². The van der Waals surface area contributed by atoms with E-state index in [0.717, 1.165) is 43.5 Å². The first kappa shape index (κ1) is 17.7. The highest BCUT2D eigenvalue weighted by Crippen LogP contribution is 2.30. The third-order valence-corrected chi connectivity index (χ3v) is 5.44. The zero-order chi connectivity index (χ0) is 18.8. The van der Waals surface area contributed by atoms with Crippen LogP contribution in [-0.4, -0.2) is 35.8 Å². The summed E-state index contributed by atoms with van der Waals surface area (Å²) in [4.78, 5) is 28.5. The van der Waals surface area contributed by atoms with Crippen molar-refractivity contribution in [1.82, 2.24) is 4.90 Å². The number of hydrogen-bond acceptors (Lipinski definition) is 3. The van der Waals surface area contributed by atoms with Gasteiger partial charge in [-0.05, 0) is 55.0 Å². The van der Waals surface area contributed by atoms with E-state index in [1.54, 1.807) is 12.1 Å². The normalized spacial score (nSPS) is 16.3. The van der Waals surface area contributed by atoms with Gasteiger partial charge in [0.05, 0.1) is 6.54 Å². The maximum Gasteiger partial charge on any atom is 0.248 e. The highest BCUT2D eigenvalue weighted by atomic mass is 16.2. The van der Waals surface area contributed by atoms with Crippen molar-refractivity contribution in [3.63, 3.8) is 0 Å². The van der Waals surface area contributed by atoms with Gasteiger partial charge in [-0.15, -0.1) is 0 Å². The van der Waals surface area contributed by atoms with Gasteiger partial charge >= 0.3 is 0 Å². The molecule has 4 rings (SSSR count). The summed E-state index contributed by atoms with van der Waals surface area (Å²) in [7, 11) is 0. The summed E-state index contributed by atoms with van der Waals surface area (Å²) in [5.41, 5.74) is 9.25. The average molecular weight is 363 g/mol. The number of anilines is 1. The van der Waals surface area contributed by atoms with Crippen molar-refractivity contribution in [3.8, 4) is 0 Å². The molecule has 0 aromatic heterocycles. The van der Waals surface area contributed by atoms with Gasteiger partial charge in [0.2, 0.25) is 11.8 Å². The second kappa shape index (κ2) is 7.53. The fourth-order valence-electron chi connectivity index (χ4n) is 3.81. The van der Waals surface area contributed by atoms with Crippen LogP contribution in [0.5, 0.6) is 0 Å². The minimum Gasteiger partial charge on any atom is -0.366 e. The molecule has 140 valence electrons. The van der Waals surface area contributed by atoms with E-state index in [4.69, 9.17) is 5.73 Å². The molecule has 2 aromatic rings. The maximum atomic E-state index is 13.1. The number of carbonyl (C=O) groups excluding carboxylic acids is 2. The summed E-state index contributed by atoms with van der Waals surface area (Å²) >= 11 is 0. The molecule has 2 aromatic carbocycles. The van der Waals surface area contributed by atoms with Crippen LogP contribution in [0.15, 0.2) is 48.5 Å². The summed E-state index contributed by atoms with van der Waals surface area (Å²) < 4.78 is 0. The molecule has 0 spiro atoms. The molecule has 0 radical (unpaired) electrons. The van der Waals surface area contributed by atoms with Crippen LogP contribution < -0.4 is 10.6 Å². The van der Waals surface area contributed by atoms with Crippen molar-refractivity contribution >= 4 is 17.5 Å². The van der Waals surface area contributed by atoms with E-state index in [2.05, 4.69) is 17.0 Å². The van der Waals surface area contributed by atoms with Gasteiger partial charge in [0, 0.05) is 30.4 Å². The van der Waals surface area contributed by atoms with Crippen LogP contribution in [0.3, 0.4) is 0 Å². The number of fused-ring (bicyclic) bond motifs is 1. The number of primary amides is 1. The Morgan fingerprint density at radius 3 is 2.52 bits per heavy atom. The number of nitrogens with two attached hydrogens (primary N) is 1. The molecule has 1 fully saturated rings. The van der Waals surface area contributed by atoms with Gasteiger partial charge in [-0.3, -0.25) is 14.5 Å². The highest BCUT2D eigenvalue weighted by molar-refractivity contribution is 5.96. The molecule has 0 atom stereocenters. The molecule has 27 heavy (non-hydrogen) atoms. The number of amides is 2. The lowest BCUT2D eigenvalue weighted by atomic mass is 10.0. The maximum absolute atomic E-state index is 13.1. The van der Waals surface area contributed by atoms with Gasteiger partial charge in [0.1, 0.15) is 0 Å². The van der Waals surface area contributed by atoms with Crippen molar-refractivity contribution in [1.29, 1.82) is 0 Å². The summed E-state index contributed by atoms with van der Waals surface area (Å²) in [5.74, 6) is -0.248. The number of rotatable bonds is 6. The standard InChI is InChI=1S/C22H25N3O2/c23-22(27)18-9-7-16(8-10-18)14-24(19-11-12-19)15-21(26)25-13-3-5-17-4-1-2-6-20(17)25/h1-2,4,6-10,19H,3,5,11-15H2,(H2,23,27). The molecular weight excluding hydrogens is 338 g/mol. The van der Waals surface area contributed by atoms with Gasteiger partial charge in [-0.2, -0.15) is 0 Å². The Hall–Kier alpha value is -2.66. The largest absolute Gasteiger partial charge is 0.366 e. The second-order valence-electron chi connectivity index (χ2n) is 7.47. The highest BCUT2D eigenvalue weighted by Gasteiger charge is 2.32. The predicted octanol–water partition coefficient (Wildman–Crippen LogP) is 2.73. The van der Waals surface area contributed by atoms with E-state index in [9.17, 15) is 9.59 Å². The van der Waals surface area contributed by atoms with E-state index in [-0.39, 0.29) is 5.91 Å². The second-order valence-corrected chi connectivity index (χ2v) is 7.47. The van der Waals surface area contributed by atoms with Crippen molar-refractivity contribution in [2.24, 2.45) is 5.73 Å². The van der Waals surface area contributed by atoms with Crippen LogP contribution >= 0.6 is 0 Å². The minimum absolute atomic E-state index is 0.169. The quantitative estimate of drug-likeness (QED) is 0.858. The SMILES string of the molecule is NC(=O)c1ccc(CN(CC(=O)N2CCCc3ccccc32)C2CC2)cc1. The Balaban J connectivity index is 1.46. The number of hydrogen-bond donors (Lipinski definition) is 1. The van der Waals surface area contributed by atoms with Gasteiger partial charge < -0.3 is 10.6 Å². The Bertz CT molecular complexity index is 843. The fraction of sp³-hybridized carbons (Fsp3) is 0.364. The monoisotopic (exact) mass is 363 g/mol. The molecule has 2 amide bonds. The lowest BCUT2D eigenvalue weighted by Gasteiger charge is -2.32. The first-order valence-electron chi connectivity index (χ1n) is 9.63. The molecule has 2 aliphatic rings. The van der Waals surface area contributed by atoms with Crippen LogP contribution in [0.2, 0.25) is 0 Å². The Kier molecular flexibility index (Phi) is 4.94. The summed E-state index contributed by atoms with van der Waals surface area (Å²) in [6.45, 7) is 1.93. The zero-order valence-corrected chi connectivity index (χ0v) is 15.4. The van der Waals surface area contributed by atoms with Crippen LogP contribution in [0, 0.1) is 0 Å². The van der Waals surface area contributed by atoms with E-state index >= 15 is 0 Å². The Labute approximate surface area is 159 Å². The molecule has 1 heterocycles. The van der Waals surface area contributed by atoms with E-state index < -0.39 is 5.91 Å². The van der Waals surface area contributed by atoms with Crippen molar-refractivity contribution in [2.75, 3.05) is 18.0 Å².